The number of nitrogens with two attached hydrogens (primary N) is 1. The van der Waals surface area contributed by atoms with Crippen molar-refractivity contribution in [2.24, 2.45) is 5.14 Å². The predicted octanol–water partition coefficient (Wildman–Crippen LogP) is 1.67. The SMILES string of the molecule is COc1cc(C#N)ccc1OCCOc1ccc(S(N)(=O)=O)cc1. The Balaban J connectivity index is 1.88. The molecule has 126 valence electrons. The zero-order valence-electron chi connectivity index (χ0n) is 12.9. The number of methoxy groups -OCH3 is 1. The highest BCUT2D eigenvalue weighted by molar-refractivity contribution is 7.89. The van der Waals surface area contributed by atoms with Crippen LogP contribution in [0.5, 0.6) is 17.2 Å². The Hall–Kier alpha value is -2.76. The number of sulfonamides is 1. The van der Waals surface area contributed by atoms with Gasteiger partial charge >= 0.3 is 0 Å². The van der Waals surface area contributed by atoms with E-state index in [-0.39, 0.29) is 18.1 Å². The Kier molecular flexibility index (Phi) is 5.63. The lowest BCUT2D eigenvalue weighted by molar-refractivity contribution is 0.211. The number of hydrogen-bond acceptors (Lipinski definition) is 6. The van der Waals surface area contributed by atoms with Gasteiger partial charge in [0.25, 0.3) is 0 Å². The van der Waals surface area contributed by atoms with Gasteiger partial charge in [0, 0.05) is 6.07 Å². The number of hydrogen-bond donors (Lipinski definition) is 1. The van der Waals surface area contributed by atoms with E-state index in [4.69, 9.17) is 24.6 Å². The molecule has 2 N–H and O–H groups in total. The quantitative estimate of drug-likeness (QED) is 0.762. The fraction of sp³-hybridized carbons (Fsp3) is 0.188. The first-order valence-corrected chi connectivity index (χ1v) is 8.45. The minimum absolute atomic E-state index is 0.0217. The van der Waals surface area contributed by atoms with Gasteiger partial charge in [0.2, 0.25) is 10.0 Å². The van der Waals surface area contributed by atoms with Crippen molar-refractivity contribution in [3.8, 4) is 23.3 Å². The van der Waals surface area contributed by atoms with Crippen molar-refractivity contribution in [3.05, 3.63) is 48.0 Å². The van der Waals surface area contributed by atoms with Crippen LogP contribution < -0.4 is 19.3 Å². The van der Waals surface area contributed by atoms with Gasteiger partial charge in [0.05, 0.1) is 23.6 Å². The predicted molar refractivity (Wildman–Crippen MR) is 86.5 cm³/mol. The molecule has 0 bridgehead atoms. The summed E-state index contributed by atoms with van der Waals surface area (Å²) in [6.07, 6.45) is 0. The highest BCUT2D eigenvalue weighted by Crippen LogP contribution is 2.27. The summed E-state index contributed by atoms with van der Waals surface area (Å²) in [6, 6.07) is 12.7. The topological polar surface area (TPSA) is 112 Å². The van der Waals surface area contributed by atoms with Gasteiger partial charge in [-0.2, -0.15) is 5.26 Å². The van der Waals surface area contributed by atoms with Crippen LogP contribution in [0.15, 0.2) is 47.4 Å². The summed E-state index contributed by atoms with van der Waals surface area (Å²) in [4.78, 5) is 0.0217. The number of benzene rings is 2. The number of rotatable bonds is 7. The lowest BCUT2D eigenvalue weighted by Crippen LogP contribution is -2.12. The smallest absolute Gasteiger partial charge is 0.238 e. The summed E-state index contributed by atoms with van der Waals surface area (Å²) in [7, 11) is -2.22. The van der Waals surface area contributed by atoms with E-state index < -0.39 is 10.0 Å². The maximum atomic E-state index is 11.2. The molecule has 7 nitrogen and oxygen atoms in total. The first-order valence-electron chi connectivity index (χ1n) is 6.90. The van der Waals surface area contributed by atoms with Crippen molar-refractivity contribution in [2.75, 3.05) is 20.3 Å². The second-order valence-electron chi connectivity index (χ2n) is 4.69. The van der Waals surface area contributed by atoms with E-state index in [2.05, 4.69) is 0 Å². The number of primary sulfonamides is 1. The average Bonchev–Trinajstić information content (AvgIpc) is 2.58. The highest BCUT2D eigenvalue weighted by Gasteiger charge is 2.08. The van der Waals surface area contributed by atoms with Crippen LogP contribution in [0.1, 0.15) is 5.56 Å². The van der Waals surface area contributed by atoms with Crippen LogP contribution in [-0.2, 0) is 10.0 Å². The van der Waals surface area contributed by atoms with Crippen molar-refractivity contribution in [1.29, 1.82) is 5.26 Å². The standard InChI is InChI=1S/C16H16N2O5S/c1-21-16-10-12(11-17)2-7-15(16)23-9-8-22-13-3-5-14(6-4-13)24(18,19)20/h2-7,10H,8-9H2,1H3,(H2,18,19,20). The molecule has 0 radical (unpaired) electrons. The molecule has 0 aliphatic rings. The molecular formula is C16H16N2O5S. The van der Waals surface area contributed by atoms with Gasteiger partial charge in [-0.05, 0) is 36.4 Å². The Bertz CT molecular complexity index is 842. The van der Waals surface area contributed by atoms with Gasteiger partial charge in [0.15, 0.2) is 11.5 Å². The molecule has 8 heteroatoms. The lowest BCUT2D eigenvalue weighted by Gasteiger charge is -2.11. The summed E-state index contributed by atoms with van der Waals surface area (Å²) >= 11 is 0. The van der Waals surface area contributed by atoms with E-state index in [1.54, 1.807) is 18.2 Å². The lowest BCUT2D eigenvalue weighted by atomic mass is 10.2. The van der Waals surface area contributed by atoms with Crippen LogP contribution in [-0.4, -0.2) is 28.7 Å². The molecule has 0 fully saturated rings. The van der Waals surface area contributed by atoms with Crippen molar-refractivity contribution in [3.63, 3.8) is 0 Å². The molecule has 24 heavy (non-hydrogen) atoms. The number of nitriles is 1. The molecule has 2 aromatic carbocycles. The van der Waals surface area contributed by atoms with Gasteiger partial charge < -0.3 is 14.2 Å². The van der Waals surface area contributed by atoms with Crippen molar-refractivity contribution in [2.45, 2.75) is 4.90 Å². The van der Waals surface area contributed by atoms with Gasteiger partial charge in [-0.15, -0.1) is 0 Å². The summed E-state index contributed by atoms with van der Waals surface area (Å²) < 4.78 is 38.5. The first-order chi connectivity index (χ1) is 11.4. The van der Waals surface area contributed by atoms with Crippen LogP contribution in [0.3, 0.4) is 0 Å². The molecule has 0 heterocycles. The molecule has 0 saturated carbocycles. The Morgan fingerprint density at radius 3 is 2.29 bits per heavy atom. The van der Waals surface area contributed by atoms with Gasteiger partial charge in [-0.1, -0.05) is 0 Å². The van der Waals surface area contributed by atoms with Gasteiger partial charge in [-0.3, -0.25) is 0 Å². The molecule has 0 saturated heterocycles. The second-order valence-corrected chi connectivity index (χ2v) is 6.25. The summed E-state index contributed by atoms with van der Waals surface area (Å²) in [5, 5.41) is 13.9. The maximum absolute atomic E-state index is 11.2. The molecular weight excluding hydrogens is 332 g/mol. The maximum Gasteiger partial charge on any atom is 0.238 e. The molecule has 0 unspecified atom stereocenters. The highest BCUT2D eigenvalue weighted by atomic mass is 32.2. The number of nitrogens with zero attached hydrogens (tertiary/aromatic N) is 1. The molecule has 0 aliphatic heterocycles. The largest absolute Gasteiger partial charge is 0.493 e. The van der Waals surface area contributed by atoms with E-state index in [1.165, 1.54) is 31.4 Å². The first kappa shape index (κ1) is 17.6. The second kappa shape index (κ2) is 7.68. The number of ether oxygens (including phenoxy) is 3. The summed E-state index contributed by atoms with van der Waals surface area (Å²) in [5.41, 5.74) is 0.477. The molecule has 0 aromatic heterocycles. The van der Waals surface area contributed by atoms with Crippen molar-refractivity contribution in [1.82, 2.24) is 0 Å². The molecule has 2 aromatic rings. The van der Waals surface area contributed by atoms with E-state index in [9.17, 15) is 8.42 Å². The van der Waals surface area contributed by atoms with Gasteiger partial charge in [0.1, 0.15) is 19.0 Å². The van der Waals surface area contributed by atoms with Crippen molar-refractivity contribution >= 4 is 10.0 Å². The molecule has 0 spiro atoms. The average molecular weight is 348 g/mol. The normalized spacial score (nSPS) is 10.7. The molecule has 0 aliphatic carbocycles. The van der Waals surface area contributed by atoms with E-state index >= 15 is 0 Å². The Morgan fingerprint density at radius 1 is 1.04 bits per heavy atom. The third-order valence-electron chi connectivity index (χ3n) is 3.05. The van der Waals surface area contributed by atoms with Crippen LogP contribution in [0.2, 0.25) is 0 Å². The van der Waals surface area contributed by atoms with Crippen LogP contribution in [0.25, 0.3) is 0 Å². The minimum atomic E-state index is -3.71. The molecule has 0 atom stereocenters. The summed E-state index contributed by atoms with van der Waals surface area (Å²) in [6.45, 7) is 0.497. The van der Waals surface area contributed by atoms with E-state index in [1.807, 2.05) is 6.07 Å². The third kappa shape index (κ3) is 4.62. The Morgan fingerprint density at radius 2 is 1.71 bits per heavy atom. The third-order valence-corrected chi connectivity index (χ3v) is 3.98. The fourth-order valence-corrected chi connectivity index (χ4v) is 2.41. The summed E-state index contributed by atoms with van der Waals surface area (Å²) in [5.74, 6) is 1.47. The Labute approximate surface area is 140 Å². The minimum Gasteiger partial charge on any atom is -0.493 e. The fourth-order valence-electron chi connectivity index (χ4n) is 1.89. The van der Waals surface area contributed by atoms with Crippen molar-refractivity contribution < 1.29 is 22.6 Å². The molecule has 0 amide bonds. The monoisotopic (exact) mass is 348 g/mol. The zero-order valence-corrected chi connectivity index (χ0v) is 13.7. The van der Waals surface area contributed by atoms with E-state index in [0.717, 1.165) is 0 Å². The van der Waals surface area contributed by atoms with Gasteiger partial charge in [-0.25, -0.2) is 13.6 Å². The van der Waals surface area contributed by atoms with Crippen LogP contribution in [0.4, 0.5) is 0 Å². The van der Waals surface area contributed by atoms with Crippen LogP contribution in [0, 0.1) is 11.3 Å². The van der Waals surface area contributed by atoms with Crippen LogP contribution >= 0.6 is 0 Å². The van der Waals surface area contributed by atoms with E-state index in [0.29, 0.717) is 22.8 Å². The zero-order chi connectivity index (χ0) is 17.6. The molecule has 2 rings (SSSR count).